The van der Waals surface area contributed by atoms with E-state index in [0.29, 0.717) is 0 Å². The molecular weight excluding hydrogens is 277 g/mol. The van der Waals surface area contributed by atoms with Gasteiger partial charge in [0.25, 0.3) is 0 Å². The molecule has 106 valence electrons. The molecule has 0 bridgehead atoms. The zero-order valence-corrected chi connectivity index (χ0v) is 11.3. The second-order valence-electron chi connectivity index (χ2n) is 3.78. The van der Waals surface area contributed by atoms with E-state index in [-0.39, 0.29) is 24.3 Å². The van der Waals surface area contributed by atoms with Gasteiger partial charge in [-0.25, -0.2) is 22.7 Å². The van der Waals surface area contributed by atoms with Crippen LogP contribution >= 0.6 is 0 Å². The summed E-state index contributed by atoms with van der Waals surface area (Å²) >= 11 is 0. The maximum Gasteiger partial charge on any atom is 0.338 e. The SMILES string of the molecule is COCCOC(=O)c1cc(C)c(F)c(S(N)(=O)=O)c1. The minimum Gasteiger partial charge on any atom is -0.460 e. The number of methoxy groups -OCH3 is 1. The van der Waals surface area contributed by atoms with Crippen molar-refractivity contribution in [1.29, 1.82) is 0 Å². The van der Waals surface area contributed by atoms with Gasteiger partial charge in [0.15, 0.2) is 0 Å². The predicted molar refractivity (Wildman–Crippen MR) is 64.7 cm³/mol. The fourth-order valence-corrected chi connectivity index (χ4v) is 2.07. The number of sulfonamides is 1. The highest BCUT2D eigenvalue weighted by Gasteiger charge is 2.20. The molecule has 0 radical (unpaired) electrons. The topological polar surface area (TPSA) is 95.7 Å². The maximum atomic E-state index is 13.6. The van der Waals surface area contributed by atoms with Crippen molar-refractivity contribution in [1.82, 2.24) is 0 Å². The Balaban J connectivity index is 3.11. The molecule has 1 aromatic rings. The molecule has 0 saturated heterocycles. The van der Waals surface area contributed by atoms with Gasteiger partial charge in [0.05, 0.1) is 12.2 Å². The van der Waals surface area contributed by atoms with Crippen molar-refractivity contribution >= 4 is 16.0 Å². The number of hydrogen-bond acceptors (Lipinski definition) is 5. The molecule has 0 unspecified atom stereocenters. The highest BCUT2D eigenvalue weighted by atomic mass is 32.2. The summed E-state index contributed by atoms with van der Waals surface area (Å²) in [5.74, 6) is -1.75. The molecule has 0 fully saturated rings. The van der Waals surface area contributed by atoms with Crippen LogP contribution in [0.15, 0.2) is 17.0 Å². The lowest BCUT2D eigenvalue weighted by atomic mass is 10.1. The molecule has 8 heteroatoms. The van der Waals surface area contributed by atoms with Crippen LogP contribution in [-0.4, -0.2) is 34.7 Å². The number of ether oxygens (including phenoxy) is 2. The third-order valence-electron chi connectivity index (χ3n) is 2.28. The Morgan fingerprint density at radius 1 is 1.37 bits per heavy atom. The molecule has 2 N–H and O–H groups in total. The average Bonchev–Trinajstić information content (AvgIpc) is 2.31. The summed E-state index contributed by atoms with van der Waals surface area (Å²) in [6.45, 7) is 1.54. The van der Waals surface area contributed by atoms with Crippen LogP contribution in [0.4, 0.5) is 4.39 Å². The molecule has 0 aliphatic heterocycles. The van der Waals surface area contributed by atoms with Crippen molar-refractivity contribution in [3.05, 3.63) is 29.1 Å². The first kappa shape index (κ1) is 15.5. The fraction of sp³-hybridized carbons (Fsp3) is 0.364. The van der Waals surface area contributed by atoms with Gasteiger partial charge in [-0.2, -0.15) is 0 Å². The van der Waals surface area contributed by atoms with Crippen LogP contribution in [-0.2, 0) is 19.5 Å². The van der Waals surface area contributed by atoms with Gasteiger partial charge in [0, 0.05) is 7.11 Å². The van der Waals surface area contributed by atoms with Crippen LogP contribution < -0.4 is 5.14 Å². The van der Waals surface area contributed by atoms with Crippen molar-refractivity contribution in [2.45, 2.75) is 11.8 Å². The monoisotopic (exact) mass is 291 g/mol. The van der Waals surface area contributed by atoms with Gasteiger partial charge in [0.2, 0.25) is 10.0 Å². The molecule has 6 nitrogen and oxygen atoms in total. The van der Waals surface area contributed by atoms with Gasteiger partial charge in [-0.3, -0.25) is 0 Å². The third-order valence-corrected chi connectivity index (χ3v) is 3.19. The van der Waals surface area contributed by atoms with Crippen molar-refractivity contribution in [2.75, 3.05) is 20.3 Å². The molecular formula is C11H14FNO5S. The highest BCUT2D eigenvalue weighted by molar-refractivity contribution is 7.89. The average molecular weight is 291 g/mol. The van der Waals surface area contributed by atoms with Crippen LogP contribution in [0.3, 0.4) is 0 Å². The van der Waals surface area contributed by atoms with Crippen LogP contribution in [0.25, 0.3) is 0 Å². The summed E-state index contributed by atoms with van der Waals surface area (Å²) in [6, 6.07) is 2.05. The number of primary sulfonamides is 1. The Bertz CT molecular complexity index is 585. The number of halogens is 1. The van der Waals surface area contributed by atoms with Gasteiger partial charge >= 0.3 is 5.97 Å². The number of esters is 1. The summed E-state index contributed by atoms with van der Waals surface area (Å²) in [7, 11) is -2.81. The number of aryl methyl sites for hydroxylation is 1. The van der Waals surface area contributed by atoms with Gasteiger partial charge in [-0.1, -0.05) is 0 Å². The van der Waals surface area contributed by atoms with Crippen molar-refractivity contribution in [2.24, 2.45) is 5.14 Å². The molecule has 1 aromatic carbocycles. The Morgan fingerprint density at radius 2 is 2.00 bits per heavy atom. The normalized spacial score (nSPS) is 11.4. The number of rotatable bonds is 5. The van der Waals surface area contributed by atoms with Crippen LogP contribution in [0.5, 0.6) is 0 Å². The molecule has 0 heterocycles. The van der Waals surface area contributed by atoms with Crippen LogP contribution in [0, 0.1) is 12.7 Å². The van der Waals surface area contributed by atoms with E-state index in [4.69, 9.17) is 14.6 Å². The standard InChI is InChI=1S/C11H14FNO5S/c1-7-5-8(11(14)18-4-3-17-2)6-9(10(7)12)19(13,15)16/h5-6H,3-4H2,1-2H3,(H2,13,15,16). The van der Waals surface area contributed by atoms with Gasteiger partial charge < -0.3 is 9.47 Å². The maximum absolute atomic E-state index is 13.6. The molecule has 0 aliphatic rings. The second-order valence-corrected chi connectivity index (χ2v) is 5.31. The third kappa shape index (κ3) is 3.98. The number of hydrogen-bond donors (Lipinski definition) is 1. The molecule has 0 amide bonds. The van der Waals surface area contributed by atoms with Gasteiger partial charge in [0.1, 0.15) is 17.3 Å². The first-order chi connectivity index (χ1) is 8.77. The summed E-state index contributed by atoms with van der Waals surface area (Å²) in [6.07, 6.45) is 0. The lowest BCUT2D eigenvalue weighted by molar-refractivity contribution is 0.0387. The Morgan fingerprint density at radius 3 is 2.53 bits per heavy atom. The van der Waals surface area contributed by atoms with Gasteiger partial charge in [-0.15, -0.1) is 0 Å². The van der Waals surface area contributed by atoms with E-state index < -0.39 is 26.7 Å². The quantitative estimate of drug-likeness (QED) is 0.632. The van der Waals surface area contributed by atoms with E-state index in [2.05, 4.69) is 0 Å². The summed E-state index contributed by atoms with van der Waals surface area (Å²) in [4.78, 5) is 10.9. The van der Waals surface area contributed by atoms with Gasteiger partial charge in [-0.05, 0) is 24.6 Å². The Labute approximate surface area is 110 Å². The number of carbonyl (C=O) groups excluding carboxylic acids is 1. The first-order valence-corrected chi connectivity index (χ1v) is 6.81. The van der Waals surface area contributed by atoms with E-state index in [0.717, 1.165) is 6.07 Å². The van der Waals surface area contributed by atoms with Crippen LogP contribution in [0.1, 0.15) is 15.9 Å². The lowest BCUT2D eigenvalue weighted by Gasteiger charge is -2.08. The zero-order chi connectivity index (χ0) is 14.6. The Hall–Kier alpha value is -1.51. The lowest BCUT2D eigenvalue weighted by Crippen LogP contribution is -2.17. The van der Waals surface area contributed by atoms with E-state index in [1.807, 2.05) is 0 Å². The number of benzene rings is 1. The molecule has 0 saturated carbocycles. The smallest absolute Gasteiger partial charge is 0.338 e. The van der Waals surface area contributed by atoms with Crippen molar-refractivity contribution in [3.63, 3.8) is 0 Å². The van der Waals surface area contributed by atoms with Crippen molar-refractivity contribution in [3.8, 4) is 0 Å². The molecule has 0 atom stereocenters. The van der Waals surface area contributed by atoms with E-state index in [1.165, 1.54) is 20.1 Å². The molecule has 0 spiro atoms. The molecule has 1 rings (SSSR count). The van der Waals surface area contributed by atoms with Crippen LogP contribution in [0.2, 0.25) is 0 Å². The summed E-state index contributed by atoms with van der Waals surface area (Å²) < 4.78 is 45.5. The highest BCUT2D eigenvalue weighted by Crippen LogP contribution is 2.19. The minimum atomic E-state index is -4.24. The molecule has 0 aliphatic carbocycles. The molecule has 0 aromatic heterocycles. The van der Waals surface area contributed by atoms with E-state index >= 15 is 0 Å². The minimum absolute atomic E-state index is 0.00906. The fourth-order valence-electron chi connectivity index (χ4n) is 1.36. The summed E-state index contributed by atoms with van der Waals surface area (Å²) in [5.41, 5.74) is -0.0933. The van der Waals surface area contributed by atoms with Crippen molar-refractivity contribution < 1.29 is 27.1 Å². The summed E-state index contributed by atoms with van der Waals surface area (Å²) in [5, 5.41) is 4.88. The number of carbonyl (C=O) groups is 1. The first-order valence-electron chi connectivity index (χ1n) is 5.26. The van der Waals surface area contributed by atoms with E-state index in [9.17, 15) is 17.6 Å². The molecule has 19 heavy (non-hydrogen) atoms. The largest absolute Gasteiger partial charge is 0.460 e. The zero-order valence-electron chi connectivity index (χ0n) is 10.5. The predicted octanol–water partition coefficient (Wildman–Crippen LogP) is 0.585. The van der Waals surface area contributed by atoms with E-state index in [1.54, 1.807) is 0 Å². The number of nitrogens with two attached hydrogens (primary N) is 1. The second kappa shape index (κ2) is 6.09. The Kier molecular flexibility index (Phi) is 4.98.